The first-order valence-electron chi connectivity index (χ1n) is 4.09. The van der Waals surface area contributed by atoms with E-state index in [9.17, 15) is 4.79 Å². The van der Waals surface area contributed by atoms with Gasteiger partial charge in [-0.3, -0.25) is 9.78 Å². The van der Waals surface area contributed by atoms with E-state index in [0.717, 1.165) is 8.95 Å². The lowest BCUT2D eigenvalue weighted by Crippen LogP contribution is -2.09. The average Bonchev–Trinajstić information content (AvgIpc) is 2.10. The average molecular weight is 323 g/mol. The number of nitrogens with zero attached hydrogens (tertiary/aromatic N) is 1. The molecule has 5 heteroatoms. The molecule has 0 bridgehead atoms. The van der Waals surface area contributed by atoms with E-state index in [1.807, 2.05) is 6.07 Å². The summed E-state index contributed by atoms with van der Waals surface area (Å²) in [4.78, 5) is 15.3. The highest BCUT2D eigenvalue weighted by Gasteiger charge is 2.08. The normalized spacial score (nSPS) is 9.93. The molecular weight excluding hydrogens is 314 g/mol. The van der Waals surface area contributed by atoms with Crippen molar-refractivity contribution in [1.82, 2.24) is 4.98 Å². The zero-order valence-corrected chi connectivity index (χ0v) is 10.8. The fourth-order valence-electron chi connectivity index (χ4n) is 0.922. The van der Waals surface area contributed by atoms with Gasteiger partial charge >= 0.3 is 5.97 Å². The number of aromatic nitrogens is 1. The Morgan fingerprint density at radius 3 is 2.86 bits per heavy atom. The molecule has 0 amide bonds. The number of hydrogen-bond acceptors (Lipinski definition) is 3. The van der Waals surface area contributed by atoms with E-state index in [1.54, 1.807) is 13.1 Å². The Hall–Kier alpha value is -0.420. The fourth-order valence-corrected chi connectivity index (χ4v) is 2.05. The van der Waals surface area contributed by atoms with Gasteiger partial charge in [-0.2, -0.15) is 0 Å². The Bertz CT molecular complexity index is 342. The lowest BCUT2D eigenvalue weighted by Gasteiger charge is -2.03. The Labute approximate surface area is 99.1 Å². The third-order valence-corrected chi connectivity index (χ3v) is 2.62. The second-order valence-electron chi connectivity index (χ2n) is 2.56. The lowest BCUT2D eigenvalue weighted by molar-refractivity contribution is -0.142. The van der Waals surface area contributed by atoms with Crippen LogP contribution in [0.4, 0.5) is 0 Å². The van der Waals surface area contributed by atoms with Crippen LogP contribution in [0.2, 0.25) is 0 Å². The van der Waals surface area contributed by atoms with Crippen LogP contribution in [0.1, 0.15) is 12.6 Å². The van der Waals surface area contributed by atoms with Crippen molar-refractivity contribution in [2.45, 2.75) is 13.3 Å². The van der Waals surface area contributed by atoms with Crippen LogP contribution in [0.25, 0.3) is 0 Å². The van der Waals surface area contributed by atoms with Crippen molar-refractivity contribution in [1.29, 1.82) is 0 Å². The molecular formula is C9H9Br2NO2. The summed E-state index contributed by atoms with van der Waals surface area (Å²) in [6.45, 7) is 2.18. The number of ether oxygens (including phenoxy) is 1. The number of halogens is 2. The van der Waals surface area contributed by atoms with E-state index in [1.165, 1.54) is 0 Å². The van der Waals surface area contributed by atoms with Gasteiger partial charge in [-0.25, -0.2) is 0 Å². The SMILES string of the molecule is CCOC(=O)Cc1ncc(Br)cc1Br. The van der Waals surface area contributed by atoms with Crippen LogP contribution < -0.4 is 0 Å². The van der Waals surface area contributed by atoms with E-state index < -0.39 is 0 Å². The molecule has 3 nitrogen and oxygen atoms in total. The van der Waals surface area contributed by atoms with Gasteiger partial charge in [0.1, 0.15) is 0 Å². The number of hydrogen-bond donors (Lipinski definition) is 0. The summed E-state index contributed by atoms with van der Waals surface area (Å²) in [6.07, 6.45) is 1.85. The molecule has 0 fully saturated rings. The predicted molar refractivity (Wildman–Crippen MR) is 60.0 cm³/mol. The van der Waals surface area contributed by atoms with Crippen molar-refractivity contribution >= 4 is 37.8 Å². The molecule has 0 aromatic carbocycles. The zero-order valence-electron chi connectivity index (χ0n) is 7.59. The zero-order chi connectivity index (χ0) is 10.6. The Balaban J connectivity index is 2.72. The molecule has 0 spiro atoms. The van der Waals surface area contributed by atoms with Crippen molar-refractivity contribution in [2.75, 3.05) is 6.61 Å². The van der Waals surface area contributed by atoms with Crippen molar-refractivity contribution in [3.05, 3.63) is 26.9 Å². The molecule has 1 rings (SSSR count). The van der Waals surface area contributed by atoms with E-state index in [4.69, 9.17) is 4.74 Å². The highest BCUT2D eigenvalue weighted by Crippen LogP contribution is 2.19. The minimum Gasteiger partial charge on any atom is -0.466 e. The summed E-state index contributed by atoms with van der Waals surface area (Å²) in [5.74, 6) is -0.261. The van der Waals surface area contributed by atoms with Gasteiger partial charge in [0.15, 0.2) is 0 Å². The minimum atomic E-state index is -0.261. The van der Waals surface area contributed by atoms with E-state index >= 15 is 0 Å². The van der Waals surface area contributed by atoms with Crippen LogP contribution in [-0.2, 0) is 16.0 Å². The highest BCUT2D eigenvalue weighted by atomic mass is 79.9. The summed E-state index contributed by atoms with van der Waals surface area (Å²) in [5, 5.41) is 0. The second kappa shape index (κ2) is 5.46. The van der Waals surface area contributed by atoms with Gasteiger partial charge in [-0.1, -0.05) is 0 Å². The van der Waals surface area contributed by atoms with Gasteiger partial charge in [-0.15, -0.1) is 0 Å². The van der Waals surface area contributed by atoms with Crippen molar-refractivity contribution < 1.29 is 9.53 Å². The van der Waals surface area contributed by atoms with Crippen LogP contribution in [0.3, 0.4) is 0 Å². The monoisotopic (exact) mass is 321 g/mol. The molecule has 0 saturated carbocycles. The number of carbonyl (C=O) groups is 1. The van der Waals surface area contributed by atoms with Crippen LogP contribution >= 0.6 is 31.9 Å². The van der Waals surface area contributed by atoms with Crippen LogP contribution in [0.15, 0.2) is 21.2 Å². The summed E-state index contributed by atoms with van der Waals surface area (Å²) in [7, 11) is 0. The minimum absolute atomic E-state index is 0.196. The molecule has 1 aromatic rings. The van der Waals surface area contributed by atoms with E-state index in [-0.39, 0.29) is 12.4 Å². The van der Waals surface area contributed by atoms with Gasteiger partial charge in [0.25, 0.3) is 0 Å². The molecule has 1 heterocycles. The third kappa shape index (κ3) is 3.38. The van der Waals surface area contributed by atoms with Gasteiger partial charge in [0.05, 0.1) is 18.7 Å². The van der Waals surface area contributed by atoms with Crippen molar-refractivity contribution in [3.8, 4) is 0 Å². The summed E-state index contributed by atoms with van der Waals surface area (Å²) < 4.78 is 6.50. The highest BCUT2D eigenvalue weighted by molar-refractivity contribution is 9.11. The third-order valence-electron chi connectivity index (χ3n) is 1.50. The van der Waals surface area contributed by atoms with Crippen LogP contribution in [0, 0.1) is 0 Å². The number of esters is 1. The smallest absolute Gasteiger partial charge is 0.311 e. The van der Waals surface area contributed by atoms with Gasteiger partial charge in [0, 0.05) is 15.1 Å². The van der Waals surface area contributed by atoms with Crippen molar-refractivity contribution in [3.63, 3.8) is 0 Å². The maximum Gasteiger partial charge on any atom is 0.311 e. The van der Waals surface area contributed by atoms with E-state index in [0.29, 0.717) is 12.3 Å². The molecule has 0 saturated heterocycles. The van der Waals surface area contributed by atoms with Crippen LogP contribution in [0.5, 0.6) is 0 Å². The Morgan fingerprint density at radius 2 is 2.29 bits per heavy atom. The van der Waals surface area contributed by atoms with Gasteiger partial charge in [0.2, 0.25) is 0 Å². The Kier molecular flexibility index (Phi) is 4.54. The molecule has 0 radical (unpaired) electrons. The summed E-state index contributed by atoms with van der Waals surface area (Å²) in [5.41, 5.74) is 0.687. The first-order valence-corrected chi connectivity index (χ1v) is 5.67. The predicted octanol–water partition coefficient (Wildman–Crippen LogP) is 2.71. The fraction of sp³-hybridized carbons (Fsp3) is 0.333. The molecule has 14 heavy (non-hydrogen) atoms. The lowest BCUT2D eigenvalue weighted by atomic mass is 10.3. The second-order valence-corrected chi connectivity index (χ2v) is 4.33. The quantitative estimate of drug-likeness (QED) is 0.803. The largest absolute Gasteiger partial charge is 0.466 e. The molecule has 0 unspecified atom stereocenters. The standard InChI is InChI=1S/C9H9Br2NO2/c1-2-14-9(13)4-8-7(11)3-6(10)5-12-8/h3,5H,2,4H2,1H3. The summed E-state index contributed by atoms with van der Waals surface area (Å²) >= 11 is 6.61. The molecule has 0 atom stereocenters. The molecule has 0 aliphatic heterocycles. The van der Waals surface area contributed by atoms with E-state index in [2.05, 4.69) is 36.8 Å². The van der Waals surface area contributed by atoms with Gasteiger partial charge in [-0.05, 0) is 44.8 Å². The molecule has 1 aromatic heterocycles. The van der Waals surface area contributed by atoms with Crippen LogP contribution in [-0.4, -0.2) is 17.6 Å². The number of rotatable bonds is 3. The first kappa shape index (κ1) is 11.7. The molecule has 0 N–H and O–H groups in total. The number of pyridine rings is 1. The molecule has 0 aliphatic rings. The Morgan fingerprint density at radius 1 is 1.57 bits per heavy atom. The maximum atomic E-state index is 11.2. The topological polar surface area (TPSA) is 39.2 Å². The molecule has 0 aliphatic carbocycles. The maximum absolute atomic E-state index is 11.2. The van der Waals surface area contributed by atoms with Gasteiger partial charge < -0.3 is 4.74 Å². The summed E-state index contributed by atoms with van der Waals surface area (Å²) in [6, 6.07) is 1.85. The van der Waals surface area contributed by atoms with Crippen molar-refractivity contribution in [2.24, 2.45) is 0 Å². The first-order chi connectivity index (χ1) is 6.63. The molecule has 76 valence electrons. The number of carbonyl (C=O) groups excluding carboxylic acids is 1.